The monoisotopic (exact) mass is 244 g/mol. The molecule has 96 valence electrons. The van der Waals surface area contributed by atoms with Gasteiger partial charge >= 0.3 is 0 Å². The first kappa shape index (κ1) is 11.7. The van der Waals surface area contributed by atoms with Gasteiger partial charge in [-0.2, -0.15) is 0 Å². The number of nitrogens with zero attached hydrogens (tertiary/aromatic N) is 1. The van der Waals surface area contributed by atoms with Crippen LogP contribution in [0.25, 0.3) is 6.08 Å². The van der Waals surface area contributed by atoms with Crippen molar-refractivity contribution in [3.8, 4) is 5.75 Å². The first-order chi connectivity index (χ1) is 8.85. The Bertz CT molecular complexity index is 444. The van der Waals surface area contributed by atoms with Gasteiger partial charge in [0.25, 0.3) is 0 Å². The molecule has 0 radical (unpaired) electrons. The second kappa shape index (κ2) is 5.11. The van der Waals surface area contributed by atoms with Gasteiger partial charge in [-0.15, -0.1) is 0 Å². The van der Waals surface area contributed by atoms with Gasteiger partial charge in [0.15, 0.2) is 0 Å². The molecular formula is C15H20N2O. The van der Waals surface area contributed by atoms with Crippen molar-refractivity contribution >= 4 is 6.08 Å². The second-order valence-electron chi connectivity index (χ2n) is 5.19. The Labute approximate surface area is 108 Å². The molecule has 0 aromatic carbocycles. The number of pyridine rings is 1. The maximum absolute atomic E-state index is 5.46. The van der Waals surface area contributed by atoms with E-state index >= 15 is 0 Å². The van der Waals surface area contributed by atoms with Gasteiger partial charge in [0.05, 0.1) is 12.8 Å². The molecule has 2 aliphatic rings. The minimum atomic E-state index is 0.686. The zero-order chi connectivity index (χ0) is 12.4. The zero-order valence-corrected chi connectivity index (χ0v) is 10.8. The maximum atomic E-state index is 5.46. The highest BCUT2D eigenvalue weighted by atomic mass is 16.5. The lowest BCUT2D eigenvalue weighted by atomic mass is 9.89. The van der Waals surface area contributed by atoms with Crippen molar-refractivity contribution in [2.75, 3.05) is 6.61 Å². The molecular weight excluding hydrogens is 224 g/mol. The predicted octanol–water partition coefficient (Wildman–Crippen LogP) is 2.63. The van der Waals surface area contributed by atoms with Gasteiger partial charge in [-0.05, 0) is 43.7 Å². The molecule has 3 heterocycles. The van der Waals surface area contributed by atoms with Crippen LogP contribution >= 0.6 is 0 Å². The number of fused-ring (bicyclic) bond motifs is 2. The molecule has 3 nitrogen and oxygen atoms in total. The van der Waals surface area contributed by atoms with Crippen LogP contribution in [0.2, 0.25) is 0 Å². The van der Waals surface area contributed by atoms with Gasteiger partial charge in [-0.1, -0.05) is 12.2 Å². The van der Waals surface area contributed by atoms with Gasteiger partial charge in [-0.25, -0.2) is 0 Å². The molecule has 3 heteroatoms. The summed E-state index contributed by atoms with van der Waals surface area (Å²) in [4.78, 5) is 4.20. The molecule has 0 amide bonds. The van der Waals surface area contributed by atoms with Crippen LogP contribution in [0, 0.1) is 5.92 Å². The predicted molar refractivity (Wildman–Crippen MR) is 72.5 cm³/mol. The summed E-state index contributed by atoms with van der Waals surface area (Å²) in [6.45, 7) is 2.68. The third kappa shape index (κ3) is 2.41. The summed E-state index contributed by atoms with van der Waals surface area (Å²) in [5.74, 6) is 1.55. The van der Waals surface area contributed by atoms with E-state index in [9.17, 15) is 0 Å². The fourth-order valence-corrected chi connectivity index (χ4v) is 3.09. The minimum Gasteiger partial charge on any atom is -0.492 e. The largest absolute Gasteiger partial charge is 0.492 e. The summed E-state index contributed by atoms with van der Waals surface area (Å²) in [6.07, 6.45) is 12.2. The first-order valence-corrected chi connectivity index (χ1v) is 6.87. The van der Waals surface area contributed by atoms with Crippen molar-refractivity contribution in [3.05, 3.63) is 30.1 Å². The highest BCUT2D eigenvalue weighted by Crippen LogP contribution is 2.34. The normalized spacial score (nSPS) is 30.2. The van der Waals surface area contributed by atoms with E-state index in [2.05, 4.69) is 22.5 Å². The Morgan fingerprint density at radius 2 is 2.39 bits per heavy atom. The van der Waals surface area contributed by atoms with E-state index in [0.717, 1.165) is 17.4 Å². The Hall–Kier alpha value is -1.35. The molecule has 0 spiro atoms. The van der Waals surface area contributed by atoms with Crippen LogP contribution in [0.5, 0.6) is 5.75 Å². The SMILES string of the molecule is CCOc1cncc(/C=C/C2CC3CCC2N3)c1. The summed E-state index contributed by atoms with van der Waals surface area (Å²) in [5.41, 5.74) is 1.13. The van der Waals surface area contributed by atoms with Crippen LogP contribution in [0.15, 0.2) is 24.5 Å². The summed E-state index contributed by atoms with van der Waals surface area (Å²) in [7, 11) is 0. The lowest BCUT2D eigenvalue weighted by molar-refractivity contribution is 0.339. The van der Waals surface area contributed by atoms with Crippen molar-refractivity contribution in [1.29, 1.82) is 0 Å². The molecule has 3 unspecified atom stereocenters. The molecule has 3 atom stereocenters. The fourth-order valence-electron chi connectivity index (χ4n) is 3.09. The zero-order valence-electron chi connectivity index (χ0n) is 10.8. The van der Waals surface area contributed by atoms with Crippen molar-refractivity contribution in [2.45, 2.75) is 38.3 Å². The second-order valence-corrected chi connectivity index (χ2v) is 5.19. The van der Waals surface area contributed by atoms with Crippen molar-refractivity contribution < 1.29 is 4.74 Å². The smallest absolute Gasteiger partial charge is 0.138 e. The number of ether oxygens (including phenoxy) is 1. The number of rotatable bonds is 4. The lowest BCUT2D eigenvalue weighted by Crippen LogP contribution is -2.21. The average molecular weight is 244 g/mol. The molecule has 2 bridgehead atoms. The number of hydrogen-bond acceptors (Lipinski definition) is 3. The van der Waals surface area contributed by atoms with Crippen molar-refractivity contribution in [3.63, 3.8) is 0 Å². The molecule has 2 fully saturated rings. The fraction of sp³-hybridized carbons (Fsp3) is 0.533. The van der Waals surface area contributed by atoms with Crippen LogP contribution in [0.3, 0.4) is 0 Å². The van der Waals surface area contributed by atoms with Crippen LogP contribution in [0.4, 0.5) is 0 Å². The van der Waals surface area contributed by atoms with E-state index in [1.54, 1.807) is 6.20 Å². The van der Waals surface area contributed by atoms with Crippen LogP contribution in [-0.4, -0.2) is 23.7 Å². The number of aromatic nitrogens is 1. The van der Waals surface area contributed by atoms with Gasteiger partial charge < -0.3 is 10.1 Å². The Balaban J connectivity index is 1.66. The summed E-state index contributed by atoms with van der Waals surface area (Å²) in [5, 5.41) is 3.65. The molecule has 2 saturated heterocycles. The average Bonchev–Trinajstić information content (AvgIpc) is 2.99. The number of nitrogens with one attached hydrogen (secondary N) is 1. The van der Waals surface area contributed by atoms with Crippen LogP contribution in [-0.2, 0) is 0 Å². The van der Waals surface area contributed by atoms with Gasteiger partial charge in [0.1, 0.15) is 5.75 Å². The molecule has 0 saturated carbocycles. The summed E-state index contributed by atoms with van der Waals surface area (Å²) >= 11 is 0. The van der Waals surface area contributed by atoms with Gasteiger partial charge in [-0.3, -0.25) is 4.98 Å². The molecule has 0 aliphatic carbocycles. The van der Waals surface area contributed by atoms with E-state index in [1.165, 1.54) is 19.3 Å². The molecule has 1 N–H and O–H groups in total. The molecule has 2 aliphatic heterocycles. The summed E-state index contributed by atoms with van der Waals surface area (Å²) in [6, 6.07) is 3.51. The number of hydrogen-bond donors (Lipinski definition) is 1. The van der Waals surface area contributed by atoms with Gasteiger partial charge in [0.2, 0.25) is 0 Å². The third-order valence-corrected chi connectivity index (χ3v) is 3.93. The Morgan fingerprint density at radius 3 is 3.11 bits per heavy atom. The van der Waals surface area contributed by atoms with E-state index in [0.29, 0.717) is 18.6 Å². The van der Waals surface area contributed by atoms with E-state index in [1.807, 2.05) is 19.2 Å². The first-order valence-electron chi connectivity index (χ1n) is 6.87. The summed E-state index contributed by atoms with van der Waals surface area (Å²) < 4.78 is 5.46. The maximum Gasteiger partial charge on any atom is 0.138 e. The topological polar surface area (TPSA) is 34.1 Å². The van der Waals surface area contributed by atoms with Crippen LogP contribution in [0.1, 0.15) is 31.7 Å². The van der Waals surface area contributed by atoms with Crippen molar-refractivity contribution in [1.82, 2.24) is 10.3 Å². The highest BCUT2D eigenvalue weighted by molar-refractivity contribution is 5.50. The van der Waals surface area contributed by atoms with Crippen LogP contribution < -0.4 is 10.1 Å². The van der Waals surface area contributed by atoms with E-state index in [-0.39, 0.29) is 0 Å². The van der Waals surface area contributed by atoms with E-state index in [4.69, 9.17) is 4.74 Å². The quantitative estimate of drug-likeness (QED) is 0.884. The minimum absolute atomic E-state index is 0.686. The van der Waals surface area contributed by atoms with E-state index < -0.39 is 0 Å². The molecule has 3 rings (SSSR count). The molecule has 1 aromatic heterocycles. The standard InChI is InChI=1S/C15H20N2O/c1-2-18-14-7-11(9-16-10-14)3-4-12-8-13-5-6-15(12)17-13/h3-4,7,9-10,12-13,15,17H,2,5-6,8H2,1H3/b4-3+. The van der Waals surface area contributed by atoms with Crippen molar-refractivity contribution in [2.24, 2.45) is 5.92 Å². The molecule has 18 heavy (non-hydrogen) atoms. The lowest BCUT2D eigenvalue weighted by Gasteiger charge is -2.15. The Morgan fingerprint density at radius 1 is 1.44 bits per heavy atom. The highest BCUT2D eigenvalue weighted by Gasteiger charge is 2.37. The Kier molecular flexibility index (Phi) is 3.33. The van der Waals surface area contributed by atoms with Gasteiger partial charge in [0, 0.05) is 18.3 Å². The third-order valence-electron chi connectivity index (χ3n) is 3.93. The molecule has 1 aromatic rings.